The molecule has 1 aliphatic rings. The second kappa shape index (κ2) is 11.0. The highest BCUT2D eigenvalue weighted by atomic mass is 35.5. The van der Waals surface area contributed by atoms with Gasteiger partial charge in [0.1, 0.15) is 5.75 Å². The molecule has 200 valence electrons. The van der Waals surface area contributed by atoms with Crippen molar-refractivity contribution in [3.8, 4) is 16.9 Å². The maximum absolute atomic E-state index is 13.4. The monoisotopic (exact) mass is 563 g/mol. The summed E-state index contributed by atoms with van der Waals surface area (Å²) in [4.78, 5) is 34.1. The summed E-state index contributed by atoms with van der Waals surface area (Å²) >= 11 is 6.25. The van der Waals surface area contributed by atoms with Gasteiger partial charge in [-0.25, -0.2) is 0 Å². The van der Waals surface area contributed by atoms with E-state index in [2.05, 4.69) is 0 Å². The van der Waals surface area contributed by atoms with E-state index >= 15 is 0 Å². The van der Waals surface area contributed by atoms with Crippen LogP contribution in [0.25, 0.3) is 11.1 Å². The quantitative estimate of drug-likeness (QED) is 0.160. The molecule has 39 heavy (non-hydrogen) atoms. The second-order valence-electron chi connectivity index (χ2n) is 9.58. The van der Waals surface area contributed by atoms with Crippen LogP contribution in [-0.4, -0.2) is 25.9 Å². The third-order valence-electron chi connectivity index (χ3n) is 7.13. The van der Waals surface area contributed by atoms with Crippen molar-refractivity contribution in [2.45, 2.75) is 25.0 Å². The molecule has 1 heterocycles. The van der Waals surface area contributed by atoms with Crippen LogP contribution < -0.4 is 10.2 Å². The summed E-state index contributed by atoms with van der Waals surface area (Å²) < 4.78 is 11.7. The van der Waals surface area contributed by atoms with Crippen LogP contribution in [0.2, 0.25) is 5.02 Å². The number of amides is 1. The van der Waals surface area contributed by atoms with Crippen LogP contribution >= 0.6 is 19.2 Å². The lowest BCUT2D eigenvalue weighted by atomic mass is 9.77. The number of benzene rings is 4. The van der Waals surface area contributed by atoms with Crippen LogP contribution in [0.1, 0.15) is 36.1 Å². The Morgan fingerprint density at radius 1 is 0.872 bits per heavy atom. The molecule has 0 radical (unpaired) electrons. The molecule has 1 amide bonds. The van der Waals surface area contributed by atoms with E-state index in [1.807, 2.05) is 30.3 Å². The SMILES string of the molecule is O=C1[C@H](CC[C@H](O)c2ccccc2Cl)[C@@H](c2ccc(-c3cccc(P(=O)(O)O)c3)cc2O)N1c1ccccc1. The smallest absolute Gasteiger partial charge is 0.356 e. The Labute approximate surface area is 231 Å². The molecule has 0 spiro atoms. The summed E-state index contributed by atoms with van der Waals surface area (Å²) in [5, 5.41) is 22.2. The van der Waals surface area contributed by atoms with Crippen molar-refractivity contribution in [2.24, 2.45) is 5.92 Å². The van der Waals surface area contributed by atoms with Crippen LogP contribution in [0, 0.1) is 5.92 Å². The average molecular weight is 564 g/mol. The molecule has 0 bridgehead atoms. The molecule has 3 atom stereocenters. The highest BCUT2D eigenvalue weighted by molar-refractivity contribution is 7.60. The van der Waals surface area contributed by atoms with Crippen LogP contribution in [0.3, 0.4) is 0 Å². The number of hydrogen-bond donors (Lipinski definition) is 4. The summed E-state index contributed by atoms with van der Waals surface area (Å²) in [6.07, 6.45) is -0.145. The van der Waals surface area contributed by atoms with E-state index < -0.39 is 25.7 Å². The number of aliphatic hydroxyl groups is 1. The van der Waals surface area contributed by atoms with E-state index in [9.17, 15) is 29.4 Å². The number of para-hydroxylation sites is 1. The average Bonchev–Trinajstić information content (AvgIpc) is 2.92. The van der Waals surface area contributed by atoms with Gasteiger partial charge in [0.25, 0.3) is 0 Å². The minimum Gasteiger partial charge on any atom is -0.508 e. The zero-order valence-electron chi connectivity index (χ0n) is 20.8. The van der Waals surface area contributed by atoms with Gasteiger partial charge < -0.3 is 24.9 Å². The van der Waals surface area contributed by atoms with Gasteiger partial charge in [-0.15, -0.1) is 0 Å². The first-order valence-electron chi connectivity index (χ1n) is 12.4. The van der Waals surface area contributed by atoms with E-state index in [0.29, 0.717) is 45.8 Å². The van der Waals surface area contributed by atoms with Gasteiger partial charge in [0.05, 0.1) is 23.4 Å². The molecule has 0 aliphatic carbocycles. The van der Waals surface area contributed by atoms with Gasteiger partial charge in [-0.1, -0.05) is 72.3 Å². The standard InChI is InChI=1S/C30H27ClNO6P/c31-26-12-5-4-11-23(26)27(33)16-15-25-29(32(30(25)35)21-8-2-1-3-9-21)24-14-13-20(18-28(24)34)19-7-6-10-22(17-19)39(36,37)38/h1-14,17-18,25,27,29,33-34H,15-16H2,(H2,36,37,38)/t25-,27+,29-/m1/s1. The van der Waals surface area contributed by atoms with Crippen LogP contribution in [-0.2, 0) is 9.36 Å². The Hall–Kier alpha value is -3.45. The van der Waals surface area contributed by atoms with E-state index in [1.165, 1.54) is 18.2 Å². The predicted octanol–water partition coefficient (Wildman–Crippen LogP) is 5.73. The number of β-lactam (4-membered cyclic amide) rings is 1. The van der Waals surface area contributed by atoms with Gasteiger partial charge in [-0.3, -0.25) is 9.36 Å². The Morgan fingerprint density at radius 2 is 1.56 bits per heavy atom. The number of nitrogens with zero attached hydrogens (tertiary/aromatic N) is 1. The number of anilines is 1. The van der Waals surface area contributed by atoms with Gasteiger partial charge in [0, 0.05) is 16.3 Å². The molecule has 4 aromatic rings. The van der Waals surface area contributed by atoms with Gasteiger partial charge in [0.15, 0.2) is 0 Å². The minimum atomic E-state index is -4.43. The molecule has 0 saturated carbocycles. The zero-order chi connectivity index (χ0) is 27.7. The number of rotatable bonds is 8. The third kappa shape index (κ3) is 5.50. The topological polar surface area (TPSA) is 118 Å². The number of carbonyl (C=O) groups is 1. The lowest BCUT2D eigenvalue weighted by Gasteiger charge is -2.48. The first-order valence-corrected chi connectivity index (χ1v) is 14.4. The number of carbonyl (C=O) groups excluding carboxylic acids is 1. The number of aliphatic hydroxyl groups excluding tert-OH is 1. The van der Waals surface area contributed by atoms with Crippen molar-refractivity contribution >= 4 is 36.1 Å². The molecule has 0 aromatic heterocycles. The Kier molecular flexibility index (Phi) is 7.63. The molecule has 0 unspecified atom stereocenters. The van der Waals surface area contributed by atoms with E-state index in [1.54, 1.807) is 53.4 Å². The lowest BCUT2D eigenvalue weighted by molar-refractivity contribution is -0.131. The van der Waals surface area contributed by atoms with Gasteiger partial charge in [-0.2, -0.15) is 0 Å². The first kappa shape index (κ1) is 27.1. The lowest BCUT2D eigenvalue weighted by Crippen LogP contribution is -2.55. The minimum absolute atomic E-state index is 0.0378. The molecular weight excluding hydrogens is 537 g/mol. The zero-order valence-corrected chi connectivity index (χ0v) is 22.4. The summed E-state index contributed by atoms with van der Waals surface area (Å²) in [7, 11) is -4.43. The Balaban J connectivity index is 1.45. The Bertz CT molecular complexity index is 1560. The fourth-order valence-corrected chi connectivity index (χ4v) is 5.99. The summed E-state index contributed by atoms with van der Waals surface area (Å²) in [5.41, 5.74) is 2.97. The molecular formula is C30H27ClNO6P. The fraction of sp³-hybridized carbons (Fsp3) is 0.167. The maximum Gasteiger partial charge on any atom is 0.356 e. The van der Waals surface area contributed by atoms with Crippen molar-refractivity contribution in [1.29, 1.82) is 0 Å². The van der Waals surface area contributed by atoms with Gasteiger partial charge >= 0.3 is 7.60 Å². The third-order valence-corrected chi connectivity index (χ3v) is 8.42. The van der Waals surface area contributed by atoms with Crippen molar-refractivity contribution in [3.05, 3.63) is 113 Å². The normalized spacial score (nSPS) is 18.1. The van der Waals surface area contributed by atoms with E-state index in [-0.39, 0.29) is 17.0 Å². The number of phenolic OH excluding ortho intramolecular Hbond substituents is 1. The second-order valence-corrected chi connectivity index (χ2v) is 11.6. The molecule has 1 fully saturated rings. The highest BCUT2D eigenvalue weighted by Gasteiger charge is 2.49. The van der Waals surface area contributed by atoms with Crippen molar-refractivity contribution in [1.82, 2.24) is 0 Å². The summed E-state index contributed by atoms with van der Waals surface area (Å²) in [5.74, 6) is -0.614. The molecule has 1 aliphatic heterocycles. The fourth-order valence-electron chi connectivity index (χ4n) is 5.14. The first-order chi connectivity index (χ1) is 18.6. The van der Waals surface area contributed by atoms with Crippen LogP contribution in [0.15, 0.2) is 97.1 Å². The highest BCUT2D eigenvalue weighted by Crippen LogP contribution is 2.49. The van der Waals surface area contributed by atoms with Gasteiger partial charge in [-0.05, 0) is 65.9 Å². The molecule has 5 rings (SSSR count). The number of halogens is 1. The molecule has 4 aromatic carbocycles. The molecule has 7 nitrogen and oxygen atoms in total. The van der Waals surface area contributed by atoms with E-state index in [4.69, 9.17) is 11.6 Å². The predicted molar refractivity (Wildman–Crippen MR) is 151 cm³/mol. The number of aromatic hydroxyl groups is 1. The van der Waals surface area contributed by atoms with Crippen LogP contribution in [0.4, 0.5) is 5.69 Å². The van der Waals surface area contributed by atoms with Crippen molar-refractivity contribution < 1.29 is 29.4 Å². The van der Waals surface area contributed by atoms with E-state index in [0.717, 1.165) is 0 Å². The molecule has 9 heteroatoms. The van der Waals surface area contributed by atoms with Gasteiger partial charge in [0.2, 0.25) is 5.91 Å². The summed E-state index contributed by atoms with van der Waals surface area (Å²) in [6, 6.07) is 26.8. The van der Waals surface area contributed by atoms with Crippen LogP contribution in [0.5, 0.6) is 5.75 Å². The maximum atomic E-state index is 13.4. The summed E-state index contributed by atoms with van der Waals surface area (Å²) in [6.45, 7) is 0. The Morgan fingerprint density at radius 3 is 2.26 bits per heavy atom. The number of hydrogen-bond acceptors (Lipinski definition) is 4. The number of phenols is 1. The van der Waals surface area contributed by atoms with Crippen molar-refractivity contribution in [2.75, 3.05) is 4.90 Å². The molecule has 4 N–H and O–H groups in total. The largest absolute Gasteiger partial charge is 0.508 e. The molecule has 1 saturated heterocycles. The van der Waals surface area contributed by atoms with Crippen molar-refractivity contribution in [3.63, 3.8) is 0 Å².